The molecule has 0 aromatic heterocycles. The second kappa shape index (κ2) is 6.56. The molecule has 1 N–H and O–H groups in total. The number of likely N-dealkylation sites (tertiary alicyclic amines) is 1. The molecule has 112 valence electrons. The van der Waals surface area contributed by atoms with E-state index in [4.69, 9.17) is 0 Å². The van der Waals surface area contributed by atoms with Crippen LogP contribution in [0.5, 0.6) is 0 Å². The first-order valence-electron chi connectivity index (χ1n) is 6.99. The molecule has 1 heterocycles. The van der Waals surface area contributed by atoms with Gasteiger partial charge in [-0.15, -0.1) is 0 Å². The number of hydrogen-bond donors (Lipinski definition) is 1. The Balaban J connectivity index is 1.88. The van der Waals surface area contributed by atoms with Crippen LogP contribution in [0.25, 0.3) is 0 Å². The Kier molecular flexibility index (Phi) is 5.01. The second-order valence-electron chi connectivity index (χ2n) is 5.29. The number of benzene rings is 1. The minimum absolute atomic E-state index is 0.326. The van der Waals surface area contributed by atoms with Crippen molar-refractivity contribution in [3.8, 4) is 0 Å². The van der Waals surface area contributed by atoms with E-state index in [0.717, 1.165) is 18.8 Å². The first kappa shape index (κ1) is 15.3. The summed E-state index contributed by atoms with van der Waals surface area (Å²) < 4.78 is 25.1. The highest BCUT2D eigenvalue weighted by atomic mass is 32.2. The highest BCUT2D eigenvalue weighted by molar-refractivity contribution is 7.89. The molecular formula is C14H23N3O2S. The molecule has 6 heteroatoms. The summed E-state index contributed by atoms with van der Waals surface area (Å²) in [5.74, 6) is 0. The molecule has 1 aromatic rings. The van der Waals surface area contributed by atoms with Crippen LogP contribution in [0.4, 0.5) is 5.69 Å². The molecule has 1 fully saturated rings. The van der Waals surface area contributed by atoms with Gasteiger partial charge in [0.15, 0.2) is 0 Å². The van der Waals surface area contributed by atoms with Crippen molar-refractivity contribution < 1.29 is 8.42 Å². The number of nitrogens with one attached hydrogen (secondary N) is 1. The maximum atomic E-state index is 11.9. The molecule has 0 unspecified atom stereocenters. The first-order chi connectivity index (χ1) is 9.50. The van der Waals surface area contributed by atoms with Crippen molar-refractivity contribution in [3.63, 3.8) is 0 Å². The van der Waals surface area contributed by atoms with Crippen LogP contribution >= 0.6 is 0 Å². The number of nitrogens with zero attached hydrogens (tertiary/aromatic N) is 2. The highest BCUT2D eigenvalue weighted by Gasteiger charge is 2.16. The summed E-state index contributed by atoms with van der Waals surface area (Å²) >= 11 is 0. The first-order valence-corrected chi connectivity index (χ1v) is 8.43. The van der Waals surface area contributed by atoms with Gasteiger partial charge in [-0.1, -0.05) is 0 Å². The van der Waals surface area contributed by atoms with Gasteiger partial charge in [-0.2, -0.15) is 0 Å². The van der Waals surface area contributed by atoms with Crippen LogP contribution in [0.3, 0.4) is 0 Å². The summed E-state index contributed by atoms with van der Waals surface area (Å²) in [6.45, 7) is 4.32. The predicted molar refractivity (Wildman–Crippen MR) is 81.5 cm³/mol. The van der Waals surface area contributed by atoms with E-state index >= 15 is 0 Å². The van der Waals surface area contributed by atoms with Crippen LogP contribution in [0.1, 0.15) is 12.8 Å². The molecule has 0 saturated carbocycles. The van der Waals surface area contributed by atoms with Crippen molar-refractivity contribution in [2.24, 2.45) is 0 Å². The number of rotatable bonds is 6. The quantitative estimate of drug-likeness (QED) is 0.863. The molecule has 1 aliphatic rings. The normalized spacial score (nSPS) is 16.8. The summed E-state index contributed by atoms with van der Waals surface area (Å²) in [5, 5.41) is 3.33. The Bertz CT molecular complexity index is 520. The topological polar surface area (TPSA) is 52.7 Å². The third kappa shape index (κ3) is 3.71. The van der Waals surface area contributed by atoms with Crippen molar-refractivity contribution in [2.45, 2.75) is 17.7 Å². The largest absolute Gasteiger partial charge is 0.384 e. The zero-order valence-corrected chi connectivity index (χ0v) is 13.0. The summed E-state index contributed by atoms with van der Waals surface area (Å²) in [7, 11) is -0.251. The lowest BCUT2D eigenvalue weighted by Crippen LogP contribution is -2.26. The van der Waals surface area contributed by atoms with Gasteiger partial charge >= 0.3 is 0 Å². The second-order valence-corrected chi connectivity index (χ2v) is 7.44. The van der Waals surface area contributed by atoms with Crippen LogP contribution in [0.2, 0.25) is 0 Å². The minimum Gasteiger partial charge on any atom is -0.384 e. The van der Waals surface area contributed by atoms with Gasteiger partial charge in [0.25, 0.3) is 0 Å². The fourth-order valence-corrected chi connectivity index (χ4v) is 3.22. The molecule has 0 amide bonds. The van der Waals surface area contributed by atoms with Gasteiger partial charge in [0.2, 0.25) is 10.0 Å². The molecule has 1 aromatic carbocycles. The fourth-order valence-electron chi connectivity index (χ4n) is 2.32. The Labute approximate surface area is 121 Å². The van der Waals surface area contributed by atoms with E-state index < -0.39 is 10.0 Å². The molecule has 0 spiro atoms. The third-order valence-electron chi connectivity index (χ3n) is 3.59. The Hall–Kier alpha value is -1.11. The smallest absolute Gasteiger partial charge is 0.242 e. The lowest BCUT2D eigenvalue weighted by Gasteiger charge is -2.16. The highest BCUT2D eigenvalue weighted by Crippen LogP contribution is 2.16. The molecule has 0 bridgehead atoms. The predicted octanol–water partition coefficient (Wildman–Crippen LogP) is 1.44. The van der Waals surface area contributed by atoms with Crippen molar-refractivity contribution in [2.75, 3.05) is 45.6 Å². The maximum absolute atomic E-state index is 11.9. The molecule has 5 nitrogen and oxygen atoms in total. The summed E-state index contributed by atoms with van der Waals surface area (Å²) in [4.78, 5) is 2.77. The van der Waals surface area contributed by atoms with E-state index in [9.17, 15) is 8.42 Å². The minimum atomic E-state index is -3.33. The number of anilines is 1. The van der Waals surface area contributed by atoms with Gasteiger partial charge in [-0.25, -0.2) is 12.7 Å². The molecule has 0 atom stereocenters. The van der Waals surface area contributed by atoms with Crippen LogP contribution < -0.4 is 5.32 Å². The van der Waals surface area contributed by atoms with Gasteiger partial charge in [0.1, 0.15) is 0 Å². The van der Waals surface area contributed by atoms with Crippen LogP contribution in [0.15, 0.2) is 29.2 Å². The fraction of sp³-hybridized carbons (Fsp3) is 0.571. The summed E-state index contributed by atoms with van der Waals surface area (Å²) in [5.41, 5.74) is 0.960. The summed E-state index contributed by atoms with van der Waals surface area (Å²) in [6, 6.07) is 6.93. The van der Waals surface area contributed by atoms with E-state index in [2.05, 4.69) is 10.2 Å². The molecule has 2 rings (SSSR count). The van der Waals surface area contributed by atoms with E-state index in [1.54, 1.807) is 12.1 Å². The van der Waals surface area contributed by atoms with Crippen molar-refractivity contribution in [1.82, 2.24) is 9.21 Å². The van der Waals surface area contributed by atoms with Gasteiger partial charge in [0, 0.05) is 32.9 Å². The van der Waals surface area contributed by atoms with Crippen molar-refractivity contribution >= 4 is 15.7 Å². The summed E-state index contributed by atoms with van der Waals surface area (Å²) in [6.07, 6.45) is 2.61. The molecule has 20 heavy (non-hydrogen) atoms. The van der Waals surface area contributed by atoms with E-state index in [1.807, 2.05) is 12.1 Å². The van der Waals surface area contributed by atoms with Crippen molar-refractivity contribution in [3.05, 3.63) is 24.3 Å². The standard InChI is InChI=1S/C14H23N3O2S/c1-16(2)20(18,19)14-7-5-13(6-8-14)15-9-12-17-10-3-4-11-17/h5-8,15H,3-4,9-12H2,1-2H3. The molecule has 0 radical (unpaired) electrons. The Morgan fingerprint density at radius 1 is 1.15 bits per heavy atom. The Morgan fingerprint density at radius 2 is 1.75 bits per heavy atom. The zero-order valence-electron chi connectivity index (χ0n) is 12.2. The molecule has 1 saturated heterocycles. The van der Waals surface area contributed by atoms with Gasteiger partial charge in [-0.05, 0) is 50.2 Å². The average molecular weight is 297 g/mol. The molecule has 0 aliphatic carbocycles. The van der Waals surface area contributed by atoms with Crippen LogP contribution in [0, 0.1) is 0 Å². The zero-order chi connectivity index (χ0) is 14.6. The monoisotopic (exact) mass is 297 g/mol. The van der Waals surface area contributed by atoms with Gasteiger partial charge < -0.3 is 10.2 Å². The molecule has 1 aliphatic heterocycles. The molecular weight excluding hydrogens is 274 g/mol. The maximum Gasteiger partial charge on any atom is 0.242 e. The van der Waals surface area contributed by atoms with Gasteiger partial charge in [-0.3, -0.25) is 0 Å². The van der Waals surface area contributed by atoms with Gasteiger partial charge in [0.05, 0.1) is 4.90 Å². The lowest BCUT2D eigenvalue weighted by molar-refractivity contribution is 0.352. The number of sulfonamides is 1. The van der Waals surface area contributed by atoms with Crippen LogP contribution in [-0.4, -0.2) is 57.9 Å². The van der Waals surface area contributed by atoms with E-state index in [1.165, 1.54) is 44.3 Å². The number of hydrogen-bond acceptors (Lipinski definition) is 4. The van der Waals surface area contributed by atoms with E-state index in [-0.39, 0.29) is 0 Å². The Morgan fingerprint density at radius 3 is 2.30 bits per heavy atom. The van der Waals surface area contributed by atoms with Crippen LogP contribution in [-0.2, 0) is 10.0 Å². The SMILES string of the molecule is CN(C)S(=O)(=O)c1ccc(NCCN2CCCC2)cc1. The van der Waals surface area contributed by atoms with E-state index in [0.29, 0.717) is 4.90 Å². The lowest BCUT2D eigenvalue weighted by atomic mass is 10.3. The third-order valence-corrected chi connectivity index (χ3v) is 5.42. The van der Waals surface area contributed by atoms with Crippen molar-refractivity contribution in [1.29, 1.82) is 0 Å². The average Bonchev–Trinajstić information content (AvgIpc) is 2.92.